The molecule has 34 heavy (non-hydrogen) atoms. The van der Waals surface area contributed by atoms with E-state index in [1.165, 1.54) is 10.9 Å². The van der Waals surface area contributed by atoms with Gasteiger partial charge in [-0.3, -0.25) is 20.1 Å². The van der Waals surface area contributed by atoms with Crippen LogP contribution in [0.2, 0.25) is 0 Å². The lowest BCUT2D eigenvalue weighted by Gasteiger charge is -2.29. The average molecular weight is 460 g/mol. The Kier molecular flexibility index (Phi) is 6.49. The Hall–Kier alpha value is -4.33. The number of carbonyl (C=O) groups excluding carboxylic acids is 2. The molecule has 0 aromatic carbocycles. The van der Waals surface area contributed by atoms with Crippen molar-refractivity contribution in [2.24, 2.45) is 18.9 Å². The van der Waals surface area contributed by atoms with Crippen LogP contribution in [0.1, 0.15) is 37.1 Å². The molecule has 11 heteroatoms. The summed E-state index contributed by atoms with van der Waals surface area (Å²) in [5.74, 6) is 0.0101. The number of rotatable bonds is 6. The van der Waals surface area contributed by atoms with E-state index in [1.54, 1.807) is 38.4 Å². The Labute approximate surface area is 196 Å². The SMILES string of the molecule is Cc1ncccc1C(C)OC(=O)Nc1c(-c2ccc(NC(=O)C3CC(C#N)C3)cn2)nnn1C. The Morgan fingerprint density at radius 2 is 2.03 bits per heavy atom. The predicted octanol–water partition coefficient (Wildman–Crippen LogP) is 3.38. The number of nitrogens with zero attached hydrogens (tertiary/aromatic N) is 6. The van der Waals surface area contributed by atoms with E-state index in [0.717, 1.165) is 11.3 Å². The number of hydrogen-bond donors (Lipinski definition) is 2. The maximum Gasteiger partial charge on any atom is 0.413 e. The van der Waals surface area contributed by atoms with Gasteiger partial charge in [0, 0.05) is 36.3 Å². The van der Waals surface area contributed by atoms with E-state index in [-0.39, 0.29) is 17.7 Å². The van der Waals surface area contributed by atoms with Crippen LogP contribution in [0.5, 0.6) is 0 Å². The molecule has 3 aromatic heterocycles. The molecular formula is C23H24N8O3. The number of carbonyl (C=O) groups is 2. The Balaban J connectivity index is 1.41. The summed E-state index contributed by atoms with van der Waals surface area (Å²) in [6, 6.07) is 9.19. The normalized spacial score (nSPS) is 17.7. The standard InChI is InChI=1S/C23H24N8O3/c1-13-18(5-4-8-25-13)14(2)34-23(33)28-21-20(29-30-31(21)3)19-7-6-17(12-26-19)27-22(32)16-9-15(10-16)11-24/h4-8,12,14-16H,9-10H2,1-3H3,(H,27,32)(H,28,33). The van der Waals surface area contributed by atoms with Crippen LogP contribution in [0.15, 0.2) is 36.7 Å². The maximum absolute atomic E-state index is 12.5. The number of aryl methyl sites for hydroxylation is 2. The largest absolute Gasteiger partial charge is 0.441 e. The van der Waals surface area contributed by atoms with E-state index in [1.807, 2.05) is 13.0 Å². The summed E-state index contributed by atoms with van der Waals surface area (Å²) in [6.07, 6.45) is 3.19. The molecule has 1 saturated carbocycles. The average Bonchev–Trinajstić information content (AvgIpc) is 3.13. The number of pyridine rings is 2. The van der Waals surface area contributed by atoms with Crippen molar-refractivity contribution in [2.45, 2.75) is 32.8 Å². The minimum atomic E-state index is -0.664. The summed E-state index contributed by atoms with van der Waals surface area (Å²) in [4.78, 5) is 33.4. The Bertz CT molecular complexity index is 1240. The molecular weight excluding hydrogens is 436 g/mol. The minimum absolute atomic E-state index is 0.0399. The zero-order chi connectivity index (χ0) is 24.2. The second kappa shape index (κ2) is 9.66. The minimum Gasteiger partial charge on any atom is -0.441 e. The van der Waals surface area contributed by atoms with Gasteiger partial charge in [0.25, 0.3) is 0 Å². The molecule has 174 valence electrons. The third-order valence-corrected chi connectivity index (χ3v) is 5.78. The van der Waals surface area contributed by atoms with E-state index in [4.69, 9.17) is 10.00 Å². The summed E-state index contributed by atoms with van der Waals surface area (Å²) in [5, 5.41) is 22.4. The second-order valence-electron chi connectivity index (χ2n) is 8.18. The molecule has 0 aliphatic heterocycles. The molecule has 0 bridgehead atoms. The number of hydrogen-bond acceptors (Lipinski definition) is 8. The molecule has 3 aromatic rings. The van der Waals surface area contributed by atoms with Gasteiger partial charge in [-0.1, -0.05) is 11.3 Å². The number of anilines is 2. The second-order valence-corrected chi connectivity index (χ2v) is 8.18. The zero-order valence-corrected chi connectivity index (χ0v) is 19.0. The molecule has 0 spiro atoms. The van der Waals surface area contributed by atoms with Crippen molar-refractivity contribution in [2.75, 3.05) is 10.6 Å². The van der Waals surface area contributed by atoms with Gasteiger partial charge in [0.2, 0.25) is 5.91 Å². The van der Waals surface area contributed by atoms with Crippen molar-refractivity contribution in [3.05, 3.63) is 47.9 Å². The smallest absolute Gasteiger partial charge is 0.413 e. The van der Waals surface area contributed by atoms with Crippen molar-refractivity contribution in [1.82, 2.24) is 25.0 Å². The third-order valence-electron chi connectivity index (χ3n) is 5.78. The summed E-state index contributed by atoms with van der Waals surface area (Å²) in [5.41, 5.74) is 2.95. The first-order chi connectivity index (χ1) is 16.4. The first kappa shape index (κ1) is 22.8. The quantitative estimate of drug-likeness (QED) is 0.569. The topological polar surface area (TPSA) is 148 Å². The van der Waals surface area contributed by atoms with Crippen LogP contribution in [-0.2, 0) is 16.6 Å². The molecule has 1 fully saturated rings. The Morgan fingerprint density at radius 3 is 2.71 bits per heavy atom. The van der Waals surface area contributed by atoms with Gasteiger partial charge in [-0.05, 0) is 44.9 Å². The number of amides is 2. The van der Waals surface area contributed by atoms with Gasteiger partial charge in [-0.25, -0.2) is 9.48 Å². The third kappa shape index (κ3) is 4.85. The lowest BCUT2D eigenvalue weighted by molar-refractivity contribution is -0.123. The number of nitriles is 1. The zero-order valence-electron chi connectivity index (χ0n) is 19.0. The molecule has 2 amide bonds. The number of nitrogens with one attached hydrogen (secondary N) is 2. The fourth-order valence-corrected chi connectivity index (χ4v) is 3.74. The van der Waals surface area contributed by atoms with Gasteiger partial charge in [0.05, 0.1) is 23.6 Å². The van der Waals surface area contributed by atoms with Crippen LogP contribution in [0.3, 0.4) is 0 Å². The van der Waals surface area contributed by atoms with Crippen molar-refractivity contribution >= 4 is 23.5 Å². The van der Waals surface area contributed by atoms with Crippen LogP contribution < -0.4 is 10.6 Å². The van der Waals surface area contributed by atoms with Crippen LogP contribution >= 0.6 is 0 Å². The predicted molar refractivity (Wildman–Crippen MR) is 122 cm³/mol. The van der Waals surface area contributed by atoms with E-state index in [2.05, 4.69) is 37.0 Å². The Morgan fingerprint density at radius 1 is 1.24 bits per heavy atom. The molecule has 4 rings (SSSR count). The highest BCUT2D eigenvalue weighted by molar-refractivity contribution is 5.93. The van der Waals surface area contributed by atoms with E-state index in [0.29, 0.717) is 35.7 Å². The molecule has 1 aliphatic rings. The van der Waals surface area contributed by atoms with Gasteiger partial charge in [-0.15, -0.1) is 5.10 Å². The van der Waals surface area contributed by atoms with Crippen LogP contribution in [-0.4, -0.2) is 37.0 Å². The summed E-state index contributed by atoms with van der Waals surface area (Å²) in [6.45, 7) is 3.62. The van der Waals surface area contributed by atoms with E-state index in [9.17, 15) is 9.59 Å². The molecule has 0 saturated heterocycles. The molecule has 1 atom stereocenters. The molecule has 1 unspecified atom stereocenters. The van der Waals surface area contributed by atoms with Crippen LogP contribution in [0, 0.1) is 30.1 Å². The fraction of sp³-hybridized carbons (Fsp3) is 0.348. The van der Waals surface area contributed by atoms with Crippen molar-refractivity contribution in [3.8, 4) is 17.5 Å². The van der Waals surface area contributed by atoms with Crippen molar-refractivity contribution in [3.63, 3.8) is 0 Å². The first-order valence-corrected chi connectivity index (χ1v) is 10.8. The highest BCUT2D eigenvalue weighted by Crippen LogP contribution is 2.34. The van der Waals surface area contributed by atoms with Crippen LogP contribution in [0.4, 0.5) is 16.3 Å². The highest BCUT2D eigenvalue weighted by atomic mass is 16.6. The van der Waals surface area contributed by atoms with Crippen molar-refractivity contribution < 1.29 is 14.3 Å². The van der Waals surface area contributed by atoms with Gasteiger partial charge < -0.3 is 10.1 Å². The lowest BCUT2D eigenvalue weighted by atomic mass is 9.75. The fourth-order valence-electron chi connectivity index (χ4n) is 3.74. The van der Waals surface area contributed by atoms with Gasteiger partial charge in [0.1, 0.15) is 6.10 Å². The summed E-state index contributed by atoms with van der Waals surface area (Å²) in [7, 11) is 1.64. The summed E-state index contributed by atoms with van der Waals surface area (Å²) < 4.78 is 6.92. The monoisotopic (exact) mass is 460 g/mol. The first-order valence-electron chi connectivity index (χ1n) is 10.8. The molecule has 11 nitrogen and oxygen atoms in total. The molecule has 1 aliphatic carbocycles. The van der Waals surface area contributed by atoms with E-state index >= 15 is 0 Å². The molecule has 2 N–H and O–H groups in total. The number of aromatic nitrogens is 5. The van der Waals surface area contributed by atoms with Gasteiger partial charge in [-0.2, -0.15) is 5.26 Å². The highest BCUT2D eigenvalue weighted by Gasteiger charge is 2.34. The maximum atomic E-state index is 12.5. The van der Waals surface area contributed by atoms with Gasteiger partial charge in [0.15, 0.2) is 11.5 Å². The van der Waals surface area contributed by atoms with Crippen molar-refractivity contribution in [1.29, 1.82) is 5.26 Å². The van der Waals surface area contributed by atoms with Gasteiger partial charge >= 0.3 is 6.09 Å². The summed E-state index contributed by atoms with van der Waals surface area (Å²) >= 11 is 0. The van der Waals surface area contributed by atoms with E-state index < -0.39 is 12.2 Å². The van der Waals surface area contributed by atoms with Crippen LogP contribution in [0.25, 0.3) is 11.4 Å². The molecule has 3 heterocycles. The lowest BCUT2D eigenvalue weighted by Crippen LogP contribution is -2.33. The molecule has 0 radical (unpaired) electrons. The number of ether oxygens (including phenoxy) is 1.